The van der Waals surface area contributed by atoms with Gasteiger partial charge in [0, 0.05) is 23.5 Å². The lowest BCUT2D eigenvalue weighted by atomic mass is 10.2. The van der Waals surface area contributed by atoms with Crippen LogP contribution in [-0.2, 0) is 9.59 Å². The topological polar surface area (TPSA) is 140 Å². The molecular weight excluding hydrogens is 412 g/mol. The van der Waals surface area contributed by atoms with Gasteiger partial charge in [-0.2, -0.15) is 0 Å². The van der Waals surface area contributed by atoms with Crippen LogP contribution in [0, 0.1) is 10.1 Å². The summed E-state index contributed by atoms with van der Waals surface area (Å²) < 4.78 is 5.13. The van der Waals surface area contributed by atoms with Gasteiger partial charge in [-0.25, -0.2) is 10.4 Å². The van der Waals surface area contributed by atoms with Gasteiger partial charge in [0.05, 0.1) is 16.9 Å². The number of hydrogen-bond donors (Lipinski definition) is 1. The Bertz CT molecular complexity index is 957. The second kappa shape index (κ2) is 8.63. The molecule has 0 radical (unpaired) electrons. The van der Waals surface area contributed by atoms with Crippen LogP contribution in [0.2, 0.25) is 5.02 Å². The van der Waals surface area contributed by atoms with Crippen molar-refractivity contribution in [2.45, 2.75) is 0 Å². The number of nitro benzene ring substituents is 1. The van der Waals surface area contributed by atoms with Gasteiger partial charge in [0.1, 0.15) is 5.69 Å². The smallest absolute Gasteiger partial charge is 0.294 e. The predicted octanol–water partition coefficient (Wildman–Crippen LogP) is 1.58. The maximum Gasteiger partial charge on any atom is 0.294 e. The van der Waals surface area contributed by atoms with E-state index in [2.05, 4.69) is 20.5 Å². The van der Waals surface area contributed by atoms with Crippen LogP contribution in [0.3, 0.4) is 0 Å². The average Bonchev–Trinajstić information content (AvgIpc) is 3.06. The van der Waals surface area contributed by atoms with Crippen molar-refractivity contribution in [3.8, 4) is 5.88 Å². The van der Waals surface area contributed by atoms with Crippen molar-refractivity contribution in [3.63, 3.8) is 0 Å². The highest BCUT2D eigenvalue weighted by Gasteiger charge is 2.34. The van der Waals surface area contributed by atoms with E-state index < -0.39 is 16.7 Å². The van der Waals surface area contributed by atoms with Crippen LogP contribution >= 0.6 is 23.4 Å². The molecule has 2 amide bonds. The molecular formula is C15H11ClN6O5S. The summed E-state index contributed by atoms with van der Waals surface area (Å²) in [5.74, 6) is -0.845. The fourth-order valence-electron chi connectivity index (χ4n) is 2.16. The van der Waals surface area contributed by atoms with Crippen LogP contribution in [0.4, 0.5) is 11.4 Å². The minimum atomic E-state index is -0.650. The van der Waals surface area contributed by atoms with E-state index in [1.807, 2.05) is 0 Å². The van der Waals surface area contributed by atoms with E-state index >= 15 is 0 Å². The third-order valence-electron chi connectivity index (χ3n) is 3.31. The molecule has 1 aliphatic heterocycles. The summed E-state index contributed by atoms with van der Waals surface area (Å²) in [7, 11) is 0. The van der Waals surface area contributed by atoms with Crippen LogP contribution in [0.5, 0.6) is 5.88 Å². The van der Waals surface area contributed by atoms with E-state index in [9.17, 15) is 19.7 Å². The number of amidine groups is 1. The first-order chi connectivity index (χ1) is 13.5. The zero-order chi connectivity index (χ0) is 20.1. The maximum atomic E-state index is 12.2. The van der Waals surface area contributed by atoms with Gasteiger partial charge in [-0.1, -0.05) is 23.4 Å². The molecule has 144 valence electrons. The molecule has 0 aliphatic carbocycles. The Balaban J connectivity index is 1.73. The van der Waals surface area contributed by atoms with E-state index in [4.69, 9.17) is 16.3 Å². The zero-order valence-corrected chi connectivity index (χ0v) is 15.5. The summed E-state index contributed by atoms with van der Waals surface area (Å²) in [6.45, 7) is -0.380. The first kappa shape index (κ1) is 19.5. The minimum absolute atomic E-state index is 0.00760. The van der Waals surface area contributed by atoms with Crippen molar-refractivity contribution < 1.29 is 19.2 Å². The van der Waals surface area contributed by atoms with Crippen molar-refractivity contribution >= 4 is 51.7 Å². The number of ether oxygens (including phenoxy) is 1. The molecule has 1 fully saturated rings. The molecule has 1 aromatic heterocycles. The van der Waals surface area contributed by atoms with Gasteiger partial charge < -0.3 is 4.74 Å². The van der Waals surface area contributed by atoms with Gasteiger partial charge in [0.25, 0.3) is 11.6 Å². The lowest BCUT2D eigenvalue weighted by molar-refractivity contribution is -0.384. The monoisotopic (exact) mass is 422 g/mol. The second-order valence-corrected chi connectivity index (χ2v) is 6.55. The van der Waals surface area contributed by atoms with Gasteiger partial charge >= 0.3 is 0 Å². The molecule has 1 N–H and O–H groups in total. The number of anilines is 1. The van der Waals surface area contributed by atoms with Crippen LogP contribution in [0.25, 0.3) is 0 Å². The molecule has 3 rings (SSSR count). The molecule has 1 aromatic carbocycles. The number of nitrogens with one attached hydrogen (secondary N) is 1. The molecule has 0 spiro atoms. The summed E-state index contributed by atoms with van der Waals surface area (Å²) in [5.41, 5.74) is 1.89. The molecule has 28 heavy (non-hydrogen) atoms. The highest BCUT2D eigenvalue weighted by atomic mass is 35.5. The van der Waals surface area contributed by atoms with E-state index in [1.54, 1.807) is 0 Å². The van der Waals surface area contributed by atoms with Gasteiger partial charge in [-0.3, -0.25) is 29.6 Å². The van der Waals surface area contributed by atoms with E-state index in [1.165, 1.54) is 30.7 Å². The fourth-order valence-corrected chi connectivity index (χ4v) is 3.14. The standard InChI is InChI=1S/C15H11ClN6O5S/c16-9-1-2-10(11(5-9)22(25)26)21-14(24)8-28-15(21)20-19-12(23)7-27-13-6-17-3-4-18-13/h1-6H,7-8H2,(H,19,23)/b20-15-. The van der Waals surface area contributed by atoms with Crippen molar-refractivity contribution in [2.75, 3.05) is 17.3 Å². The van der Waals surface area contributed by atoms with Crippen molar-refractivity contribution in [3.05, 3.63) is 51.9 Å². The molecule has 0 bridgehead atoms. The van der Waals surface area contributed by atoms with Crippen molar-refractivity contribution in [1.82, 2.24) is 15.4 Å². The average molecular weight is 423 g/mol. The number of hydrogen-bond acceptors (Lipinski definition) is 9. The summed E-state index contributed by atoms with van der Waals surface area (Å²) in [6, 6.07) is 3.90. The molecule has 1 saturated heterocycles. The predicted molar refractivity (Wildman–Crippen MR) is 101 cm³/mol. The Kier molecular flexibility index (Phi) is 6.01. The number of carbonyl (C=O) groups excluding carboxylic acids is 2. The normalized spacial score (nSPS) is 15.0. The largest absolute Gasteiger partial charge is 0.466 e. The Morgan fingerprint density at radius 2 is 2.29 bits per heavy atom. The quantitative estimate of drug-likeness (QED) is 0.546. The zero-order valence-electron chi connectivity index (χ0n) is 13.9. The van der Waals surface area contributed by atoms with Gasteiger partial charge in [0.15, 0.2) is 11.8 Å². The van der Waals surface area contributed by atoms with Crippen molar-refractivity contribution in [2.24, 2.45) is 5.10 Å². The highest BCUT2D eigenvalue weighted by molar-refractivity contribution is 8.15. The van der Waals surface area contributed by atoms with Gasteiger partial charge in [-0.15, -0.1) is 5.10 Å². The highest BCUT2D eigenvalue weighted by Crippen LogP contribution is 2.35. The van der Waals surface area contributed by atoms with Crippen LogP contribution in [0.1, 0.15) is 0 Å². The third-order valence-corrected chi connectivity index (χ3v) is 4.47. The van der Waals surface area contributed by atoms with Gasteiger partial charge in [0.2, 0.25) is 11.8 Å². The van der Waals surface area contributed by atoms with Crippen LogP contribution < -0.4 is 15.1 Å². The van der Waals surface area contributed by atoms with E-state index in [0.717, 1.165) is 22.7 Å². The number of nitrogens with zero attached hydrogens (tertiary/aromatic N) is 5. The minimum Gasteiger partial charge on any atom is -0.466 e. The SMILES string of the molecule is O=C(COc1cnccn1)N/N=C1\SCC(=O)N1c1ccc(Cl)cc1[N+](=O)[O-]. The molecule has 1 aliphatic rings. The molecule has 0 unspecified atom stereocenters. The fraction of sp³-hybridized carbons (Fsp3) is 0.133. The molecule has 2 aromatic rings. The lowest BCUT2D eigenvalue weighted by Crippen LogP contribution is -2.33. The number of nitro groups is 1. The number of thioether (sulfide) groups is 1. The summed E-state index contributed by atoms with van der Waals surface area (Å²) in [6.07, 6.45) is 4.20. The number of benzene rings is 1. The molecule has 0 atom stereocenters. The first-order valence-electron chi connectivity index (χ1n) is 7.60. The summed E-state index contributed by atoms with van der Waals surface area (Å²) in [4.78, 5) is 43.5. The number of halogens is 1. The molecule has 2 heterocycles. The molecule has 0 saturated carbocycles. The molecule has 11 nitrogen and oxygen atoms in total. The lowest BCUT2D eigenvalue weighted by Gasteiger charge is -2.16. The Morgan fingerprint density at radius 3 is 3.00 bits per heavy atom. The number of carbonyl (C=O) groups is 2. The number of amides is 2. The Labute approximate surface area is 166 Å². The number of aromatic nitrogens is 2. The van der Waals surface area contributed by atoms with Crippen molar-refractivity contribution in [1.29, 1.82) is 0 Å². The third kappa shape index (κ3) is 4.53. The number of rotatable bonds is 6. The Hall–Kier alpha value is -3.25. The summed E-state index contributed by atoms with van der Waals surface area (Å²) >= 11 is 6.83. The van der Waals surface area contributed by atoms with E-state index in [0.29, 0.717) is 0 Å². The van der Waals surface area contributed by atoms with Crippen LogP contribution in [-0.4, -0.2) is 44.2 Å². The molecule has 13 heteroatoms. The van der Waals surface area contributed by atoms with E-state index in [-0.39, 0.29) is 39.8 Å². The first-order valence-corrected chi connectivity index (χ1v) is 8.97. The van der Waals surface area contributed by atoms with Gasteiger partial charge in [-0.05, 0) is 12.1 Å². The summed E-state index contributed by atoms with van der Waals surface area (Å²) in [5, 5.41) is 15.4. The number of hydrazone groups is 1. The maximum absolute atomic E-state index is 12.2. The van der Waals surface area contributed by atoms with Crippen LogP contribution in [0.15, 0.2) is 41.9 Å². The Morgan fingerprint density at radius 1 is 1.46 bits per heavy atom. The second-order valence-electron chi connectivity index (χ2n) is 5.17.